The first-order chi connectivity index (χ1) is 24.8. The largest absolute Gasteiger partial charge is 0.456 e. The molecule has 50 heavy (non-hydrogen) atoms. The molecule has 0 aliphatic rings. The highest BCUT2D eigenvalue weighted by molar-refractivity contribution is 6.13. The molecule has 5 nitrogen and oxygen atoms in total. The van der Waals surface area contributed by atoms with Gasteiger partial charge >= 0.3 is 0 Å². The van der Waals surface area contributed by atoms with Crippen LogP contribution in [-0.2, 0) is 0 Å². The van der Waals surface area contributed by atoms with Gasteiger partial charge in [0.15, 0.2) is 11.6 Å². The summed E-state index contributed by atoms with van der Waals surface area (Å²) in [5.74, 6) is 1.80. The highest BCUT2D eigenvalue weighted by atomic mass is 16.3. The number of rotatable bonds is 5. The van der Waals surface area contributed by atoms with E-state index in [0.717, 1.165) is 77.1 Å². The van der Waals surface area contributed by atoms with Gasteiger partial charge in [0.05, 0.1) is 11.0 Å². The smallest absolute Gasteiger partial charge is 0.238 e. The third-order valence-corrected chi connectivity index (χ3v) is 9.47. The molecule has 0 radical (unpaired) electrons. The Kier molecular flexibility index (Phi) is 6.42. The molecule has 234 valence electrons. The highest BCUT2D eigenvalue weighted by Crippen LogP contribution is 2.39. The Labute approximate surface area is 287 Å². The van der Waals surface area contributed by atoms with Crippen molar-refractivity contribution in [3.8, 4) is 51.0 Å². The van der Waals surface area contributed by atoms with Crippen LogP contribution in [0.2, 0.25) is 0 Å². The van der Waals surface area contributed by atoms with Crippen molar-refractivity contribution < 1.29 is 4.42 Å². The van der Waals surface area contributed by atoms with E-state index in [-0.39, 0.29) is 0 Å². The average Bonchev–Trinajstić information content (AvgIpc) is 3.74. The molecule has 10 rings (SSSR count). The Hall–Kier alpha value is -6.85. The molecule has 0 N–H and O–H groups in total. The van der Waals surface area contributed by atoms with Crippen LogP contribution >= 0.6 is 0 Å². The van der Waals surface area contributed by atoms with Gasteiger partial charge < -0.3 is 4.42 Å². The first-order valence-corrected chi connectivity index (χ1v) is 16.7. The van der Waals surface area contributed by atoms with E-state index < -0.39 is 0 Å². The van der Waals surface area contributed by atoms with Crippen LogP contribution in [-0.4, -0.2) is 19.5 Å². The van der Waals surface area contributed by atoms with Gasteiger partial charge in [-0.05, 0) is 58.7 Å². The molecule has 0 aliphatic carbocycles. The van der Waals surface area contributed by atoms with E-state index in [1.807, 2.05) is 42.5 Å². The Morgan fingerprint density at radius 2 is 0.980 bits per heavy atom. The first-order valence-electron chi connectivity index (χ1n) is 16.7. The number of nitrogens with zero attached hydrogens (tertiary/aromatic N) is 4. The summed E-state index contributed by atoms with van der Waals surface area (Å²) in [5, 5.41) is 4.49. The SMILES string of the molecule is c1ccc(-c2ccc3c(c2)oc2cccc(-c4cccc(-c5nc(-c6ccccc6)nc(-n6c7ccccc7c7ccccc76)n5)c4)c23)cc1. The minimum absolute atomic E-state index is 0.578. The first kappa shape index (κ1) is 28.2. The minimum Gasteiger partial charge on any atom is -0.456 e. The quantitative estimate of drug-likeness (QED) is 0.188. The third kappa shape index (κ3) is 4.60. The number of hydrogen-bond donors (Lipinski definition) is 0. The third-order valence-electron chi connectivity index (χ3n) is 9.47. The predicted molar refractivity (Wildman–Crippen MR) is 203 cm³/mol. The predicted octanol–water partition coefficient (Wildman–Crippen LogP) is 11.5. The maximum atomic E-state index is 6.45. The lowest BCUT2D eigenvalue weighted by atomic mass is 9.97. The Balaban J connectivity index is 1.15. The molecule has 0 saturated carbocycles. The molecule has 3 heterocycles. The van der Waals surface area contributed by atoms with Crippen LogP contribution in [0.25, 0.3) is 94.7 Å². The van der Waals surface area contributed by atoms with Crippen molar-refractivity contribution in [2.75, 3.05) is 0 Å². The molecule has 5 heteroatoms. The average molecular weight is 641 g/mol. The fraction of sp³-hybridized carbons (Fsp3) is 0. The maximum Gasteiger partial charge on any atom is 0.238 e. The van der Waals surface area contributed by atoms with E-state index in [9.17, 15) is 0 Å². The molecule has 0 spiro atoms. The minimum atomic E-state index is 0.578. The zero-order chi connectivity index (χ0) is 33.0. The van der Waals surface area contributed by atoms with E-state index in [1.165, 1.54) is 0 Å². The van der Waals surface area contributed by atoms with Crippen molar-refractivity contribution in [1.29, 1.82) is 0 Å². The van der Waals surface area contributed by atoms with Crippen molar-refractivity contribution in [2.45, 2.75) is 0 Å². The molecule has 10 aromatic rings. The number of furan rings is 1. The monoisotopic (exact) mass is 640 g/mol. The Morgan fingerprint density at radius 3 is 1.72 bits per heavy atom. The van der Waals surface area contributed by atoms with Crippen molar-refractivity contribution in [1.82, 2.24) is 19.5 Å². The Morgan fingerprint density at radius 1 is 0.380 bits per heavy atom. The summed E-state index contributed by atoms with van der Waals surface area (Å²) in [4.78, 5) is 15.3. The number of benzene rings is 7. The zero-order valence-corrected chi connectivity index (χ0v) is 26.9. The van der Waals surface area contributed by atoms with E-state index >= 15 is 0 Å². The van der Waals surface area contributed by atoms with Crippen molar-refractivity contribution in [3.63, 3.8) is 0 Å². The van der Waals surface area contributed by atoms with Gasteiger partial charge in [-0.3, -0.25) is 4.57 Å². The van der Waals surface area contributed by atoms with E-state index in [1.54, 1.807) is 0 Å². The number of hydrogen-bond acceptors (Lipinski definition) is 4. The summed E-state index contributed by atoms with van der Waals surface area (Å²) >= 11 is 0. The summed E-state index contributed by atoms with van der Waals surface area (Å²) < 4.78 is 8.59. The molecule has 7 aromatic carbocycles. The number of fused-ring (bicyclic) bond motifs is 6. The molecule has 0 unspecified atom stereocenters. The van der Waals surface area contributed by atoms with Crippen LogP contribution in [0.5, 0.6) is 0 Å². The fourth-order valence-electron chi connectivity index (χ4n) is 7.15. The van der Waals surface area contributed by atoms with Crippen molar-refractivity contribution >= 4 is 43.7 Å². The highest BCUT2D eigenvalue weighted by Gasteiger charge is 2.19. The molecule has 0 aliphatic heterocycles. The second-order valence-electron chi connectivity index (χ2n) is 12.5. The van der Waals surface area contributed by atoms with E-state index in [0.29, 0.717) is 17.6 Å². The topological polar surface area (TPSA) is 56.7 Å². The summed E-state index contributed by atoms with van der Waals surface area (Å²) in [6.07, 6.45) is 0. The lowest BCUT2D eigenvalue weighted by Gasteiger charge is -2.12. The molecular formula is C45H28N4O. The standard InChI is InChI=1S/C45H28N4O/c1-3-13-29(14-4-1)31-25-26-37-41(28-31)50-40-24-12-21-34(42(37)40)32-17-11-18-33(27-32)44-46-43(30-15-5-2-6-16-30)47-45(48-44)49-38-22-9-7-19-35(38)36-20-8-10-23-39(36)49/h1-28H. The lowest BCUT2D eigenvalue weighted by Crippen LogP contribution is -2.06. The van der Waals surface area contributed by atoms with Crippen molar-refractivity contribution in [2.24, 2.45) is 0 Å². The van der Waals surface area contributed by atoms with Gasteiger partial charge in [-0.25, -0.2) is 4.98 Å². The van der Waals surface area contributed by atoms with Crippen LogP contribution in [0.1, 0.15) is 0 Å². The van der Waals surface area contributed by atoms with Crippen LogP contribution in [0, 0.1) is 0 Å². The molecule has 0 amide bonds. The van der Waals surface area contributed by atoms with Crippen LogP contribution in [0.15, 0.2) is 174 Å². The van der Waals surface area contributed by atoms with Gasteiger partial charge in [0.2, 0.25) is 5.95 Å². The maximum absolute atomic E-state index is 6.45. The lowest BCUT2D eigenvalue weighted by molar-refractivity contribution is 0.669. The molecule has 0 saturated heterocycles. The van der Waals surface area contributed by atoms with Gasteiger partial charge in [0, 0.05) is 32.7 Å². The zero-order valence-electron chi connectivity index (χ0n) is 26.9. The van der Waals surface area contributed by atoms with Gasteiger partial charge in [-0.15, -0.1) is 0 Å². The van der Waals surface area contributed by atoms with Crippen LogP contribution in [0.3, 0.4) is 0 Å². The summed E-state index contributed by atoms with van der Waals surface area (Å²) in [6.45, 7) is 0. The van der Waals surface area contributed by atoms with E-state index in [4.69, 9.17) is 19.4 Å². The number of aromatic nitrogens is 4. The van der Waals surface area contributed by atoms with Gasteiger partial charge in [-0.2, -0.15) is 9.97 Å². The normalized spacial score (nSPS) is 11.6. The molecular weight excluding hydrogens is 613 g/mol. The molecule has 0 fully saturated rings. The van der Waals surface area contributed by atoms with Crippen LogP contribution in [0.4, 0.5) is 0 Å². The fourth-order valence-corrected chi connectivity index (χ4v) is 7.15. The molecule has 0 bridgehead atoms. The Bertz CT molecular complexity index is 2820. The van der Waals surface area contributed by atoms with Crippen LogP contribution < -0.4 is 0 Å². The van der Waals surface area contributed by atoms with Crippen molar-refractivity contribution in [3.05, 3.63) is 170 Å². The number of para-hydroxylation sites is 2. The molecule has 0 atom stereocenters. The summed E-state index contributed by atoms with van der Waals surface area (Å²) in [6, 6.07) is 58.5. The summed E-state index contributed by atoms with van der Waals surface area (Å²) in [5.41, 5.74) is 10.1. The van der Waals surface area contributed by atoms with E-state index in [2.05, 4.69) is 132 Å². The second kappa shape index (κ2) is 11.4. The van der Waals surface area contributed by atoms with Gasteiger partial charge in [0.1, 0.15) is 11.2 Å². The molecule has 3 aromatic heterocycles. The second-order valence-corrected chi connectivity index (χ2v) is 12.5. The van der Waals surface area contributed by atoms with Gasteiger partial charge in [0.25, 0.3) is 0 Å². The summed E-state index contributed by atoms with van der Waals surface area (Å²) in [7, 11) is 0. The van der Waals surface area contributed by atoms with Gasteiger partial charge in [-0.1, -0.05) is 133 Å².